The summed E-state index contributed by atoms with van der Waals surface area (Å²) in [5, 5.41) is 5.50. The second kappa shape index (κ2) is 12.5. The summed E-state index contributed by atoms with van der Waals surface area (Å²) in [6.07, 6.45) is 0.133. The minimum absolute atomic E-state index is 0.133. The molecule has 182 valence electrons. The normalized spacial score (nSPS) is 11.5. The van der Waals surface area contributed by atoms with Crippen molar-refractivity contribution in [1.29, 1.82) is 0 Å². The van der Waals surface area contributed by atoms with E-state index in [-0.39, 0.29) is 30.7 Å². The number of hydrogen-bond donors (Lipinski definition) is 2. The van der Waals surface area contributed by atoms with Crippen LogP contribution in [0.4, 0.5) is 5.69 Å². The van der Waals surface area contributed by atoms with E-state index in [2.05, 4.69) is 10.6 Å². The first-order valence-electron chi connectivity index (χ1n) is 11.2. The Balaban J connectivity index is 1.85. The van der Waals surface area contributed by atoms with Crippen LogP contribution in [-0.2, 0) is 30.3 Å². The predicted octanol–water partition coefficient (Wildman–Crippen LogP) is 2.63. The van der Waals surface area contributed by atoms with Gasteiger partial charge in [-0.3, -0.25) is 14.4 Å². The Morgan fingerprint density at radius 1 is 0.912 bits per heavy atom. The second-order valence-corrected chi connectivity index (χ2v) is 8.62. The Bertz CT molecular complexity index is 1000. The number of carbonyl (C=O) groups excluding carboxylic acids is 4. The topological polar surface area (TPSA) is 105 Å². The average Bonchev–Trinajstić information content (AvgIpc) is 2.78. The fourth-order valence-corrected chi connectivity index (χ4v) is 3.33. The molecule has 0 aliphatic carbocycles. The van der Waals surface area contributed by atoms with E-state index in [1.165, 1.54) is 11.9 Å². The summed E-state index contributed by atoms with van der Waals surface area (Å²) < 4.78 is 5.16. The Morgan fingerprint density at radius 2 is 1.53 bits per heavy atom. The number of nitrogens with zero attached hydrogens (tertiary/aromatic N) is 1. The number of rotatable bonds is 10. The van der Waals surface area contributed by atoms with Crippen LogP contribution < -0.4 is 10.6 Å². The van der Waals surface area contributed by atoms with Gasteiger partial charge in [-0.05, 0) is 36.5 Å². The number of carbonyl (C=O) groups is 4. The lowest BCUT2D eigenvalue weighted by molar-refractivity contribution is -0.155. The molecule has 0 radical (unpaired) electrons. The Labute approximate surface area is 200 Å². The lowest BCUT2D eigenvalue weighted by atomic mass is 10.0. The summed E-state index contributed by atoms with van der Waals surface area (Å²) in [6, 6.07) is 14.0. The van der Waals surface area contributed by atoms with Crippen LogP contribution in [0, 0.1) is 19.8 Å². The van der Waals surface area contributed by atoms with E-state index in [9.17, 15) is 19.2 Å². The van der Waals surface area contributed by atoms with Crippen molar-refractivity contribution < 1.29 is 23.9 Å². The zero-order chi connectivity index (χ0) is 25.3. The third kappa shape index (κ3) is 8.03. The SMILES string of the molecule is Cc1cccc(C)c1NC(=O)CN(C)C(=O)COC(=O)[C@@H](NC(=O)Cc1ccccc1)C(C)C. The molecule has 0 aliphatic heterocycles. The van der Waals surface area contributed by atoms with Gasteiger partial charge in [-0.25, -0.2) is 4.79 Å². The van der Waals surface area contributed by atoms with Crippen molar-refractivity contribution in [2.75, 3.05) is 25.5 Å². The van der Waals surface area contributed by atoms with Crippen LogP contribution in [-0.4, -0.2) is 54.8 Å². The highest BCUT2D eigenvalue weighted by Gasteiger charge is 2.27. The first-order chi connectivity index (χ1) is 16.1. The lowest BCUT2D eigenvalue weighted by Crippen LogP contribution is -2.47. The molecule has 0 heterocycles. The van der Waals surface area contributed by atoms with Crippen LogP contribution in [0.5, 0.6) is 0 Å². The molecule has 0 aliphatic rings. The quantitative estimate of drug-likeness (QED) is 0.523. The number of aryl methyl sites for hydroxylation is 2. The zero-order valence-corrected chi connectivity index (χ0v) is 20.4. The minimum atomic E-state index is -0.887. The maximum absolute atomic E-state index is 12.6. The predicted molar refractivity (Wildman–Crippen MR) is 130 cm³/mol. The number of amides is 3. The van der Waals surface area contributed by atoms with Crippen molar-refractivity contribution in [2.24, 2.45) is 5.92 Å². The Kier molecular flexibility index (Phi) is 9.79. The van der Waals surface area contributed by atoms with Crippen molar-refractivity contribution in [3.05, 3.63) is 65.2 Å². The molecule has 3 amide bonds. The van der Waals surface area contributed by atoms with Gasteiger partial charge in [0.1, 0.15) is 6.04 Å². The van der Waals surface area contributed by atoms with E-state index in [1.54, 1.807) is 13.8 Å². The van der Waals surface area contributed by atoms with Crippen molar-refractivity contribution in [2.45, 2.75) is 40.2 Å². The molecule has 0 saturated carbocycles. The molecular formula is C26H33N3O5. The average molecular weight is 468 g/mol. The summed E-state index contributed by atoms with van der Waals surface area (Å²) in [6.45, 7) is 6.62. The third-order valence-electron chi connectivity index (χ3n) is 5.33. The fraction of sp³-hybridized carbons (Fsp3) is 0.385. The minimum Gasteiger partial charge on any atom is -0.454 e. The number of ether oxygens (including phenoxy) is 1. The number of anilines is 1. The largest absolute Gasteiger partial charge is 0.454 e. The van der Waals surface area contributed by atoms with E-state index in [0.717, 1.165) is 16.7 Å². The van der Waals surface area contributed by atoms with Gasteiger partial charge < -0.3 is 20.3 Å². The molecule has 0 unspecified atom stereocenters. The molecule has 1 atom stereocenters. The van der Waals surface area contributed by atoms with E-state index in [1.807, 2.05) is 62.4 Å². The van der Waals surface area contributed by atoms with Gasteiger partial charge in [-0.2, -0.15) is 0 Å². The Morgan fingerprint density at radius 3 is 2.12 bits per heavy atom. The van der Waals surface area contributed by atoms with Gasteiger partial charge in [0, 0.05) is 12.7 Å². The monoisotopic (exact) mass is 467 g/mol. The first kappa shape index (κ1) is 26.6. The van der Waals surface area contributed by atoms with Gasteiger partial charge >= 0.3 is 5.97 Å². The van der Waals surface area contributed by atoms with Crippen LogP contribution in [0.25, 0.3) is 0 Å². The second-order valence-electron chi connectivity index (χ2n) is 8.62. The number of para-hydroxylation sites is 1. The molecule has 2 aromatic carbocycles. The molecule has 8 nitrogen and oxygen atoms in total. The standard InChI is InChI=1S/C26H33N3O5/c1-17(2)24(27-21(30)14-20-12-7-6-8-13-20)26(33)34-16-23(32)29(5)15-22(31)28-25-18(3)10-9-11-19(25)4/h6-13,17,24H,14-16H2,1-5H3,(H,27,30)(H,28,31)/t24-/m0/s1. The molecule has 34 heavy (non-hydrogen) atoms. The summed E-state index contributed by atoms with van der Waals surface area (Å²) in [5.41, 5.74) is 3.38. The molecule has 8 heteroatoms. The maximum Gasteiger partial charge on any atom is 0.329 e. The summed E-state index contributed by atoms with van der Waals surface area (Å²) >= 11 is 0. The van der Waals surface area contributed by atoms with Crippen LogP contribution in [0.15, 0.2) is 48.5 Å². The summed E-state index contributed by atoms with van der Waals surface area (Å²) in [7, 11) is 1.46. The first-order valence-corrected chi connectivity index (χ1v) is 11.2. The number of likely N-dealkylation sites (N-methyl/N-ethyl adjacent to an activating group) is 1. The highest BCUT2D eigenvalue weighted by Crippen LogP contribution is 2.19. The highest BCUT2D eigenvalue weighted by molar-refractivity contribution is 5.96. The number of esters is 1. The lowest BCUT2D eigenvalue weighted by Gasteiger charge is -2.22. The van der Waals surface area contributed by atoms with Crippen LogP contribution in [0.1, 0.15) is 30.5 Å². The van der Waals surface area contributed by atoms with Gasteiger partial charge in [0.15, 0.2) is 6.61 Å². The van der Waals surface area contributed by atoms with Gasteiger partial charge in [0.05, 0.1) is 13.0 Å². The van der Waals surface area contributed by atoms with Crippen LogP contribution >= 0.6 is 0 Å². The molecular weight excluding hydrogens is 434 g/mol. The third-order valence-corrected chi connectivity index (χ3v) is 5.33. The van der Waals surface area contributed by atoms with Gasteiger partial charge in [0.25, 0.3) is 5.91 Å². The molecule has 2 rings (SSSR count). The van der Waals surface area contributed by atoms with E-state index in [4.69, 9.17) is 4.74 Å². The van der Waals surface area contributed by atoms with Crippen molar-refractivity contribution in [1.82, 2.24) is 10.2 Å². The smallest absolute Gasteiger partial charge is 0.329 e. The number of nitrogens with one attached hydrogen (secondary N) is 2. The fourth-order valence-electron chi connectivity index (χ4n) is 3.33. The van der Waals surface area contributed by atoms with E-state index >= 15 is 0 Å². The van der Waals surface area contributed by atoms with Crippen LogP contribution in [0.3, 0.4) is 0 Å². The highest BCUT2D eigenvalue weighted by atomic mass is 16.5. The number of hydrogen-bond acceptors (Lipinski definition) is 5. The number of benzene rings is 2. The molecule has 2 aromatic rings. The van der Waals surface area contributed by atoms with Crippen LogP contribution in [0.2, 0.25) is 0 Å². The molecule has 0 bridgehead atoms. The van der Waals surface area contributed by atoms with Gasteiger partial charge in [-0.15, -0.1) is 0 Å². The molecule has 0 fully saturated rings. The van der Waals surface area contributed by atoms with Crippen molar-refractivity contribution >= 4 is 29.4 Å². The molecule has 2 N–H and O–H groups in total. The van der Waals surface area contributed by atoms with Gasteiger partial charge in [-0.1, -0.05) is 62.4 Å². The molecule has 0 spiro atoms. The summed E-state index contributed by atoms with van der Waals surface area (Å²) in [4.78, 5) is 50.9. The van der Waals surface area contributed by atoms with Crippen molar-refractivity contribution in [3.8, 4) is 0 Å². The molecule has 0 saturated heterocycles. The maximum atomic E-state index is 12.6. The van der Waals surface area contributed by atoms with E-state index in [0.29, 0.717) is 5.69 Å². The van der Waals surface area contributed by atoms with E-state index < -0.39 is 24.5 Å². The zero-order valence-electron chi connectivity index (χ0n) is 20.4. The summed E-state index contributed by atoms with van der Waals surface area (Å²) in [5.74, 6) is -2.12. The molecule has 0 aromatic heterocycles. The Hall–Kier alpha value is -3.68. The van der Waals surface area contributed by atoms with Crippen molar-refractivity contribution in [3.63, 3.8) is 0 Å². The van der Waals surface area contributed by atoms with Gasteiger partial charge in [0.2, 0.25) is 11.8 Å².